The Balaban J connectivity index is 2.30. The van der Waals surface area contributed by atoms with Crippen LogP contribution in [-0.4, -0.2) is 13.2 Å². The maximum atomic E-state index is 5.93. The van der Waals surface area contributed by atoms with Gasteiger partial charge in [0.05, 0.1) is 6.61 Å². The molecule has 0 fully saturated rings. The monoisotopic (exact) mass is 305 g/mol. The van der Waals surface area contributed by atoms with Crippen molar-refractivity contribution in [3.63, 3.8) is 0 Å². The van der Waals surface area contributed by atoms with Gasteiger partial charge in [-0.05, 0) is 32.4 Å². The average molecular weight is 306 g/mol. The van der Waals surface area contributed by atoms with Gasteiger partial charge in [0.15, 0.2) is 0 Å². The van der Waals surface area contributed by atoms with Crippen LogP contribution >= 0.6 is 0 Å². The average Bonchev–Trinajstić information content (AvgIpc) is 2.54. The molecule has 0 spiro atoms. The van der Waals surface area contributed by atoms with Gasteiger partial charge >= 0.3 is 0 Å². The highest BCUT2D eigenvalue weighted by Gasteiger charge is 2.10. The van der Waals surface area contributed by atoms with Crippen molar-refractivity contribution in [3.05, 3.63) is 29.8 Å². The van der Waals surface area contributed by atoms with Crippen molar-refractivity contribution >= 4 is 0 Å². The lowest BCUT2D eigenvalue weighted by atomic mass is 10.1. The van der Waals surface area contributed by atoms with Crippen LogP contribution in [-0.2, 0) is 0 Å². The van der Waals surface area contributed by atoms with E-state index in [4.69, 9.17) is 4.74 Å². The predicted molar refractivity (Wildman–Crippen MR) is 96.6 cm³/mol. The molecule has 0 aliphatic carbocycles. The number of rotatable bonds is 13. The molecule has 0 saturated carbocycles. The van der Waals surface area contributed by atoms with E-state index in [1.165, 1.54) is 50.5 Å². The lowest BCUT2D eigenvalue weighted by Gasteiger charge is -2.18. The number of hydrogen-bond donors (Lipinski definition) is 1. The molecule has 22 heavy (non-hydrogen) atoms. The molecule has 0 heterocycles. The number of ether oxygens (including phenoxy) is 1. The smallest absolute Gasteiger partial charge is 0.124 e. The van der Waals surface area contributed by atoms with Crippen molar-refractivity contribution in [2.75, 3.05) is 13.2 Å². The van der Waals surface area contributed by atoms with E-state index < -0.39 is 0 Å². The molecule has 0 bridgehead atoms. The SMILES string of the molecule is CCCCCCCCNC(C)c1ccccc1OCCCC. The Morgan fingerprint density at radius 3 is 2.36 bits per heavy atom. The van der Waals surface area contributed by atoms with Crippen molar-refractivity contribution in [3.8, 4) is 5.75 Å². The second kappa shape index (κ2) is 12.5. The summed E-state index contributed by atoms with van der Waals surface area (Å²) in [6.45, 7) is 8.61. The summed E-state index contributed by atoms with van der Waals surface area (Å²) in [5, 5.41) is 3.64. The Labute approximate surface area is 137 Å². The zero-order chi connectivity index (χ0) is 16.0. The summed E-state index contributed by atoms with van der Waals surface area (Å²) in [6.07, 6.45) is 10.4. The standard InChI is InChI=1S/C20H35NO/c1-4-6-8-9-10-13-16-21-18(3)19-14-11-12-15-20(19)22-17-7-5-2/h11-12,14-15,18,21H,4-10,13,16-17H2,1-3H3. The molecule has 1 N–H and O–H groups in total. The van der Waals surface area contributed by atoms with Crippen LogP contribution in [0.1, 0.15) is 83.7 Å². The van der Waals surface area contributed by atoms with Crippen molar-refractivity contribution < 1.29 is 4.74 Å². The van der Waals surface area contributed by atoms with Crippen LogP contribution in [0.4, 0.5) is 0 Å². The highest BCUT2D eigenvalue weighted by molar-refractivity contribution is 5.35. The number of unbranched alkanes of at least 4 members (excludes halogenated alkanes) is 6. The molecule has 2 heteroatoms. The van der Waals surface area contributed by atoms with Gasteiger partial charge in [-0.25, -0.2) is 0 Å². The third-order valence-corrected chi connectivity index (χ3v) is 4.12. The van der Waals surface area contributed by atoms with E-state index >= 15 is 0 Å². The molecule has 1 atom stereocenters. The van der Waals surface area contributed by atoms with Gasteiger partial charge in [-0.2, -0.15) is 0 Å². The maximum absolute atomic E-state index is 5.93. The van der Waals surface area contributed by atoms with Gasteiger partial charge in [0.2, 0.25) is 0 Å². The Morgan fingerprint density at radius 1 is 0.909 bits per heavy atom. The van der Waals surface area contributed by atoms with Crippen molar-refractivity contribution in [2.24, 2.45) is 0 Å². The fraction of sp³-hybridized carbons (Fsp3) is 0.700. The normalized spacial score (nSPS) is 12.3. The minimum absolute atomic E-state index is 0.355. The maximum Gasteiger partial charge on any atom is 0.124 e. The van der Waals surface area contributed by atoms with Crippen molar-refractivity contribution in [1.29, 1.82) is 0 Å². The molecule has 2 nitrogen and oxygen atoms in total. The van der Waals surface area contributed by atoms with E-state index in [2.05, 4.69) is 50.4 Å². The molecule has 0 aliphatic heterocycles. The summed E-state index contributed by atoms with van der Waals surface area (Å²) in [5.74, 6) is 1.04. The second-order valence-corrected chi connectivity index (χ2v) is 6.18. The summed E-state index contributed by atoms with van der Waals surface area (Å²) in [6, 6.07) is 8.79. The van der Waals surface area contributed by atoms with Crippen molar-refractivity contribution in [2.45, 2.75) is 78.2 Å². The van der Waals surface area contributed by atoms with Crippen LogP contribution in [0.15, 0.2) is 24.3 Å². The Hall–Kier alpha value is -1.02. The van der Waals surface area contributed by atoms with Crippen LogP contribution in [0.5, 0.6) is 5.75 Å². The summed E-state index contributed by atoms with van der Waals surface area (Å²) in [4.78, 5) is 0. The Morgan fingerprint density at radius 2 is 1.59 bits per heavy atom. The van der Waals surface area contributed by atoms with Gasteiger partial charge < -0.3 is 10.1 Å². The lowest BCUT2D eigenvalue weighted by Crippen LogP contribution is -2.20. The van der Waals surface area contributed by atoms with Gasteiger partial charge in [0, 0.05) is 11.6 Å². The van der Waals surface area contributed by atoms with E-state index in [-0.39, 0.29) is 0 Å². The summed E-state index contributed by atoms with van der Waals surface area (Å²) < 4.78 is 5.93. The summed E-state index contributed by atoms with van der Waals surface area (Å²) >= 11 is 0. The number of hydrogen-bond acceptors (Lipinski definition) is 2. The lowest BCUT2D eigenvalue weighted by molar-refractivity contribution is 0.303. The molecule has 1 aromatic carbocycles. The molecule has 0 aromatic heterocycles. The Bertz CT molecular complexity index is 378. The molecule has 1 rings (SSSR count). The molecule has 126 valence electrons. The highest BCUT2D eigenvalue weighted by Crippen LogP contribution is 2.25. The van der Waals surface area contributed by atoms with Gasteiger partial charge in [-0.15, -0.1) is 0 Å². The third-order valence-electron chi connectivity index (χ3n) is 4.12. The fourth-order valence-corrected chi connectivity index (χ4v) is 2.63. The van der Waals surface area contributed by atoms with Crippen LogP contribution < -0.4 is 10.1 Å². The van der Waals surface area contributed by atoms with Crippen LogP contribution in [0.25, 0.3) is 0 Å². The molecule has 0 radical (unpaired) electrons. The van der Waals surface area contributed by atoms with E-state index in [1.54, 1.807) is 0 Å². The van der Waals surface area contributed by atoms with Crippen molar-refractivity contribution in [1.82, 2.24) is 5.32 Å². The van der Waals surface area contributed by atoms with E-state index in [0.29, 0.717) is 6.04 Å². The topological polar surface area (TPSA) is 21.3 Å². The first kappa shape index (κ1) is 19.0. The zero-order valence-electron chi connectivity index (χ0n) is 14.9. The molecule has 0 saturated heterocycles. The van der Waals surface area contributed by atoms with E-state index in [1.807, 2.05) is 0 Å². The van der Waals surface area contributed by atoms with Crippen LogP contribution in [0.2, 0.25) is 0 Å². The molecular formula is C20H35NO. The summed E-state index contributed by atoms with van der Waals surface area (Å²) in [5.41, 5.74) is 1.28. The van der Waals surface area contributed by atoms with Gasteiger partial charge in [0.25, 0.3) is 0 Å². The third kappa shape index (κ3) is 7.84. The first-order chi connectivity index (χ1) is 10.8. The number of benzene rings is 1. The first-order valence-corrected chi connectivity index (χ1v) is 9.24. The minimum atomic E-state index is 0.355. The largest absolute Gasteiger partial charge is 0.493 e. The summed E-state index contributed by atoms with van der Waals surface area (Å²) in [7, 11) is 0. The minimum Gasteiger partial charge on any atom is -0.493 e. The quantitative estimate of drug-likeness (QED) is 0.460. The molecule has 1 unspecified atom stereocenters. The zero-order valence-corrected chi connectivity index (χ0v) is 14.9. The Kier molecular flexibility index (Phi) is 10.8. The van der Waals surface area contributed by atoms with Crippen LogP contribution in [0.3, 0.4) is 0 Å². The predicted octanol–water partition coefficient (Wildman–Crippen LogP) is 5.88. The van der Waals surface area contributed by atoms with Gasteiger partial charge in [-0.1, -0.05) is 70.6 Å². The van der Waals surface area contributed by atoms with E-state index in [9.17, 15) is 0 Å². The molecular weight excluding hydrogens is 270 g/mol. The van der Waals surface area contributed by atoms with Crippen LogP contribution in [0, 0.1) is 0 Å². The molecule has 1 aromatic rings. The first-order valence-electron chi connectivity index (χ1n) is 9.24. The number of para-hydroxylation sites is 1. The highest BCUT2D eigenvalue weighted by atomic mass is 16.5. The van der Waals surface area contributed by atoms with Gasteiger partial charge in [-0.3, -0.25) is 0 Å². The second-order valence-electron chi connectivity index (χ2n) is 6.18. The molecule has 0 amide bonds. The number of nitrogens with one attached hydrogen (secondary N) is 1. The molecule has 0 aliphatic rings. The van der Waals surface area contributed by atoms with Gasteiger partial charge in [0.1, 0.15) is 5.75 Å². The van der Waals surface area contributed by atoms with E-state index in [0.717, 1.165) is 25.3 Å². The fourth-order valence-electron chi connectivity index (χ4n) is 2.63.